The molecule has 0 spiro atoms. The second-order valence-electron chi connectivity index (χ2n) is 7.58. The van der Waals surface area contributed by atoms with Gasteiger partial charge in [-0.05, 0) is 105 Å². The van der Waals surface area contributed by atoms with Crippen LogP contribution in [0.15, 0.2) is 71.6 Å². The van der Waals surface area contributed by atoms with Crippen molar-refractivity contribution in [3.05, 3.63) is 95.5 Å². The van der Waals surface area contributed by atoms with E-state index in [1.165, 1.54) is 10.5 Å². The summed E-state index contributed by atoms with van der Waals surface area (Å²) >= 11 is 5.43. The Balaban J connectivity index is 1.41. The highest BCUT2D eigenvalue weighted by molar-refractivity contribution is 14.1. The molecule has 4 rings (SSSR count). The summed E-state index contributed by atoms with van der Waals surface area (Å²) in [6, 6.07) is 21.5. The standard InChI is InChI=1S/C26H21I2NO4S/c1-17-7-9-18(10-8-17)16-33-24-21(27)13-19(14-22(24)28)15-23-25(30)29(26(31)34-23)11-12-32-20-5-3-2-4-6-20/h2-10,13-15H,11-12,16H2,1H3/b23-15-. The Bertz CT molecular complexity index is 1210. The molecule has 0 unspecified atom stereocenters. The van der Waals surface area contributed by atoms with Gasteiger partial charge >= 0.3 is 0 Å². The van der Waals surface area contributed by atoms with E-state index in [2.05, 4.69) is 76.4 Å². The van der Waals surface area contributed by atoms with Gasteiger partial charge in [-0.25, -0.2) is 0 Å². The number of ether oxygens (including phenoxy) is 2. The molecule has 3 aromatic rings. The molecule has 5 nitrogen and oxygen atoms in total. The molecule has 0 atom stereocenters. The summed E-state index contributed by atoms with van der Waals surface area (Å²) in [6.07, 6.45) is 1.76. The normalized spacial score (nSPS) is 14.7. The smallest absolute Gasteiger partial charge is 0.293 e. The van der Waals surface area contributed by atoms with Crippen LogP contribution >= 0.6 is 56.9 Å². The fraction of sp³-hybridized carbons (Fsp3) is 0.154. The molecular weight excluding hydrogens is 676 g/mol. The number of hydrogen-bond acceptors (Lipinski definition) is 5. The highest BCUT2D eigenvalue weighted by Crippen LogP contribution is 2.35. The van der Waals surface area contributed by atoms with Crippen LogP contribution < -0.4 is 9.47 Å². The van der Waals surface area contributed by atoms with E-state index < -0.39 is 0 Å². The molecule has 0 aromatic heterocycles. The summed E-state index contributed by atoms with van der Waals surface area (Å²) in [4.78, 5) is 26.9. The molecule has 1 fully saturated rings. The first-order chi connectivity index (χ1) is 16.4. The number of amides is 2. The quantitative estimate of drug-likeness (QED) is 0.190. The molecule has 3 aromatic carbocycles. The van der Waals surface area contributed by atoms with Gasteiger partial charge in [-0.1, -0.05) is 48.0 Å². The molecule has 2 amide bonds. The van der Waals surface area contributed by atoms with Crippen molar-refractivity contribution >= 4 is 74.2 Å². The molecule has 0 saturated carbocycles. The van der Waals surface area contributed by atoms with Crippen molar-refractivity contribution in [2.24, 2.45) is 0 Å². The van der Waals surface area contributed by atoms with Gasteiger partial charge in [-0.15, -0.1) is 0 Å². The maximum absolute atomic E-state index is 12.8. The number of halogens is 2. The molecule has 0 aliphatic carbocycles. The lowest BCUT2D eigenvalue weighted by Crippen LogP contribution is -2.32. The molecule has 1 aliphatic heterocycles. The molecule has 34 heavy (non-hydrogen) atoms. The van der Waals surface area contributed by atoms with E-state index in [0.29, 0.717) is 17.3 Å². The van der Waals surface area contributed by atoms with Gasteiger partial charge in [-0.3, -0.25) is 14.5 Å². The van der Waals surface area contributed by atoms with Crippen LogP contribution in [0.2, 0.25) is 0 Å². The predicted molar refractivity (Wildman–Crippen MR) is 152 cm³/mol. The van der Waals surface area contributed by atoms with Crippen molar-refractivity contribution in [1.29, 1.82) is 0 Å². The van der Waals surface area contributed by atoms with Crippen molar-refractivity contribution in [2.75, 3.05) is 13.2 Å². The average molecular weight is 697 g/mol. The van der Waals surface area contributed by atoms with Crippen molar-refractivity contribution in [3.8, 4) is 11.5 Å². The lowest BCUT2D eigenvalue weighted by molar-refractivity contribution is -0.123. The number of carbonyl (C=O) groups excluding carboxylic acids is 2. The van der Waals surface area contributed by atoms with Gasteiger partial charge < -0.3 is 9.47 Å². The molecule has 0 radical (unpaired) electrons. The van der Waals surface area contributed by atoms with Crippen molar-refractivity contribution in [3.63, 3.8) is 0 Å². The first-order valence-corrected chi connectivity index (χ1v) is 13.5. The molecule has 0 N–H and O–H groups in total. The van der Waals surface area contributed by atoms with Crippen LogP contribution in [0.3, 0.4) is 0 Å². The Hall–Kier alpha value is -2.05. The Morgan fingerprint density at radius 2 is 1.62 bits per heavy atom. The average Bonchev–Trinajstić information content (AvgIpc) is 3.07. The van der Waals surface area contributed by atoms with Crippen LogP contribution in [-0.2, 0) is 11.4 Å². The fourth-order valence-corrected chi connectivity index (χ4v) is 6.25. The molecule has 1 heterocycles. The number of rotatable bonds is 8. The van der Waals surface area contributed by atoms with Gasteiger partial charge in [0.1, 0.15) is 24.7 Å². The zero-order chi connectivity index (χ0) is 24.1. The van der Waals surface area contributed by atoms with Gasteiger partial charge in [-0.2, -0.15) is 0 Å². The predicted octanol–water partition coefficient (Wildman–Crippen LogP) is 6.90. The number of hydrogen-bond donors (Lipinski definition) is 0. The molecule has 174 valence electrons. The minimum Gasteiger partial charge on any atom is -0.492 e. The second kappa shape index (κ2) is 11.6. The first-order valence-electron chi connectivity index (χ1n) is 10.5. The largest absolute Gasteiger partial charge is 0.492 e. The Kier molecular flexibility index (Phi) is 8.54. The number of imide groups is 1. The highest BCUT2D eigenvalue weighted by Gasteiger charge is 2.34. The van der Waals surface area contributed by atoms with Crippen LogP contribution in [-0.4, -0.2) is 29.2 Å². The number of carbonyl (C=O) groups is 2. The molecule has 1 saturated heterocycles. The fourth-order valence-electron chi connectivity index (χ4n) is 3.26. The monoisotopic (exact) mass is 697 g/mol. The number of nitrogens with zero attached hydrogens (tertiary/aromatic N) is 1. The van der Waals surface area contributed by atoms with Crippen LogP contribution in [0.25, 0.3) is 6.08 Å². The van der Waals surface area contributed by atoms with E-state index in [0.717, 1.165) is 35.8 Å². The van der Waals surface area contributed by atoms with Gasteiger partial charge in [0.15, 0.2) is 0 Å². The van der Waals surface area contributed by atoms with Gasteiger partial charge in [0.05, 0.1) is 18.6 Å². The van der Waals surface area contributed by atoms with Crippen LogP contribution in [0, 0.1) is 14.1 Å². The van der Waals surface area contributed by atoms with E-state index in [1.54, 1.807) is 6.08 Å². The first kappa shape index (κ1) is 25.1. The number of para-hydroxylation sites is 1. The van der Waals surface area contributed by atoms with Crippen molar-refractivity contribution < 1.29 is 19.1 Å². The number of benzene rings is 3. The van der Waals surface area contributed by atoms with E-state index in [4.69, 9.17) is 9.47 Å². The zero-order valence-corrected chi connectivity index (χ0v) is 23.4. The number of aryl methyl sites for hydroxylation is 1. The number of thioether (sulfide) groups is 1. The lowest BCUT2D eigenvalue weighted by Gasteiger charge is -2.13. The summed E-state index contributed by atoms with van der Waals surface area (Å²) in [5.74, 6) is 1.22. The van der Waals surface area contributed by atoms with Gasteiger partial charge in [0.2, 0.25) is 0 Å². The van der Waals surface area contributed by atoms with Crippen molar-refractivity contribution in [1.82, 2.24) is 4.90 Å². The Labute approximate surface area is 230 Å². The third-order valence-corrected chi connectivity index (χ3v) is 7.53. The summed E-state index contributed by atoms with van der Waals surface area (Å²) in [7, 11) is 0. The topological polar surface area (TPSA) is 55.8 Å². The second-order valence-corrected chi connectivity index (χ2v) is 10.9. The van der Waals surface area contributed by atoms with Crippen LogP contribution in [0.4, 0.5) is 4.79 Å². The molecule has 8 heteroatoms. The summed E-state index contributed by atoms with van der Waals surface area (Å²) in [5.41, 5.74) is 3.17. The minimum absolute atomic E-state index is 0.206. The molecule has 0 bridgehead atoms. The minimum atomic E-state index is -0.295. The SMILES string of the molecule is Cc1ccc(COc2c(I)cc(/C=C3\SC(=O)N(CCOc4ccccc4)C3=O)cc2I)cc1. The maximum atomic E-state index is 12.8. The van der Waals surface area contributed by atoms with Crippen molar-refractivity contribution in [2.45, 2.75) is 13.5 Å². The molecule has 1 aliphatic rings. The van der Waals surface area contributed by atoms with Gasteiger partial charge in [0.25, 0.3) is 11.1 Å². The Morgan fingerprint density at radius 1 is 0.941 bits per heavy atom. The summed E-state index contributed by atoms with van der Waals surface area (Å²) in [5, 5.41) is -0.282. The lowest BCUT2D eigenvalue weighted by atomic mass is 10.1. The molecular formula is C26H21I2NO4S. The summed E-state index contributed by atoms with van der Waals surface area (Å²) < 4.78 is 13.6. The zero-order valence-electron chi connectivity index (χ0n) is 18.3. The van der Waals surface area contributed by atoms with E-state index in [1.807, 2.05) is 42.5 Å². The third-order valence-electron chi connectivity index (χ3n) is 5.02. The maximum Gasteiger partial charge on any atom is 0.293 e. The third kappa shape index (κ3) is 6.33. The summed E-state index contributed by atoms with van der Waals surface area (Å²) in [6.45, 7) is 2.99. The highest BCUT2D eigenvalue weighted by atomic mass is 127. The van der Waals surface area contributed by atoms with Crippen LogP contribution in [0.5, 0.6) is 11.5 Å². The van der Waals surface area contributed by atoms with E-state index in [9.17, 15) is 9.59 Å². The van der Waals surface area contributed by atoms with E-state index in [-0.39, 0.29) is 24.3 Å². The van der Waals surface area contributed by atoms with Crippen LogP contribution in [0.1, 0.15) is 16.7 Å². The van der Waals surface area contributed by atoms with E-state index >= 15 is 0 Å². The van der Waals surface area contributed by atoms with Gasteiger partial charge in [0, 0.05) is 0 Å². The Morgan fingerprint density at radius 3 is 2.29 bits per heavy atom.